The monoisotopic (exact) mass is 253 g/mol. The summed E-state index contributed by atoms with van der Waals surface area (Å²) in [5.41, 5.74) is 0.877. The molecule has 4 heteroatoms. The Hall–Kier alpha value is -1.42. The maximum atomic E-state index is 13.6. The molecule has 0 N–H and O–H groups in total. The summed E-state index contributed by atoms with van der Waals surface area (Å²) in [5, 5.41) is 0. The Bertz CT molecular complexity index is 407. The summed E-state index contributed by atoms with van der Waals surface area (Å²) in [6.45, 7) is 5.16. The van der Waals surface area contributed by atoms with Gasteiger partial charge in [0, 0.05) is 19.5 Å². The van der Waals surface area contributed by atoms with E-state index in [1.54, 1.807) is 13.0 Å². The second-order valence-corrected chi connectivity index (χ2v) is 4.39. The van der Waals surface area contributed by atoms with Gasteiger partial charge in [0.2, 0.25) is 0 Å². The average molecular weight is 253 g/mol. The number of carbonyl (C=O) groups excluding carboxylic acids is 1. The molecule has 0 radical (unpaired) electrons. The smallest absolute Gasteiger partial charge is 0.165 e. The lowest BCUT2D eigenvalue weighted by Gasteiger charge is -2.16. The van der Waals surface area contributed by atoms with Crippen molar-refractivity contribution in [2.24, 2.45) is 0 Å². The van der Waals surface area contributed by atoms with E-state index in [9.17, 15) is 9.18 Å². The van der Waals surface area contributed by atoms with Gasteiger partial charge in [-0.15, -0.1) is 0 Å². The van der Waals surface area contributed by atoms with E-state index < -0.39 is 0 Å². The van der Waals surface area contributed by atoms with E-state index in [0.29, 0.717) is 26.1 Å². The van der Waals surface area contributed by atoms with Crippen LogP contribution in [0.5, 0.6) is 5.75 Å². The van der Waals surface area contributed by atoms with Gasteiger partial charge in [0.15, 0.2) is 11.6 Å². The van der Waals surface area contributed by atoms with Crippen LogP contribution in [0, 0.1) is 5.82 Å². The van der Waals surface area contributed by atoms with E-state index in [-0.39, 0.29) is 17.3 Å². The SMILES string of the molecule is CCOc1ccc(CN(C)CCC(C)=O)cc1F. The Kier molecular flexibility index (Phi) is 5.78. The molecule has 1 rings (SSSR count). The minimum absolute atomic E-state index is 0.166. The number of ether oxygens (including phenoxy) is 1. The maximum absolute atomic E-state index is 13.6. The number of ketones is 1. The maximum Gasteiger partial charge on any atom is 0.165 e. The highest BCUT2D eigenvalue weighted by Gasteiger charge is 2.06. The van der Waals surface area contributed by atoms with Crippen molar-refractivity contribution in [2.45, 2.75) is 26.8 Å². The van der Waals surface area contributed by atoms with Crippen LogP contribution in [-0.2, 0) is 11.3 Å². The van der Waals surface area contributed by atoms with Crippen molar-refractivity contribution in [1.82, 2.24) is 4.90 Å². The van der Waals surface area contributed by atoms with E-state index in [2.05, 4.69) is 0 Å². The highest BCUT2D eigenvalue weighted by molar-refractivity contribution is 5.75. The van der Waals surface area contributed by atoms with Gasteiger partial charge in [-0.3, -0.25) is 4.79 Å². The lowest BCUT2D eigenvalue weighted by atomic mass is 10.2. The summed E-state index contributed by atoms with van der Waals surface area (Å²) >= 11 is 0. The Balaban J connectivity index is 2.57. The fraction of sp³-hybridized carbons (Fsp3) is 0.500. The minimum atomic E-state index is -0.339. The average Bonchev–Trinajstić information content (AvgIpc) is 2.30. The molecular weight excluding hydrogens is 233 g/mol. The van der Waals surface area contributed by atoms with E-state index in [4.69, 9.17) is 4.74 Å². The van der Waals surface area contributed by atoms with Crippen LogP contribution in [-0.4, -0.2) is 30.9 Å². The molecule has 0 bridgehead atoms. The summed E-state index contributed by atoms with van der Waals surface area (Å²) in [6, 6.07) is 4.97. The van der Waals surface area contributed by atoms with Gasteiger partial charge in [-0.2, -0.15) is 0 Å². The van der Waals surface area contributed by atoms with E-state index in [0.717, 1.165) is 5.56 Å². The van der Waals surface area contributed by atoms with Crippen LogP contribution in [0.25, 0.3) is 0 Å². The van der Waals surface area contributed by atoms with Crippen LogP contribution in [0.15, 0.2) is 18.2 Å². The lowest BCUT2D eigenvalue weighted by Crippen LogP contribution is -2.20. The second-order valence-electron chi connectivity index (χ2n) is 4.39. The molecule has 1 aromatic rings. The van der Waals surface area contributed by atoms with E-state index in [1.807, 2.05) is 24.9 Å². The molecule has 0 fully saturated rings. The topological polar surface area (TPSA) is 29.5 Å². The molecule has 0 amide bonds. The van der Waals surface area contributed by atoms with Gasteiger partial charge >= 0.3 is 0 Å². The zero-order valence-electron chi connectivity index (χ0n) is 11.2. The van der Waals surface area contributed by atoms with Gasteiger partial charge in [0.25, 0.3) is 0 Å². The Morgan fingerprint density at radius 3 is 2.72 bits per heavy atom. The fourth-order valence-corrected chi connectivity index (χ4v) is 1.65. The number of benzene rings is 1. The first-order valence-corrected chi connectivity index (χ1v) is 6.12. The van der Waals surface area contributed by atoms with Crippen LogP contribution in [0.2, 0.25) is 0 Å². The first-order chi connectivity index (χ1) is 8.52. The van der Waals surface area contributed by atoms with Crippen LogP contribution in [0.1, 0.15) is 25.8 Å². The Morgan fingerprint density at radius 2 is 2.17 bits per heavy atom. The summed E-state index contributed by atoms with van der Waals surface area (Å²) in [6.07, 6.45) is 0.524. The molecule has 0 spiro atoms. The first-order valence-electron chi connectivity index (χ1n) is 6.12. The van der Waals surface area contributed by atoms with Gasteiger partial charge < -0.3 is 9.64 Å². The largest absolute Gasteiger partial charge is 0.491 e. The number of Topliss-reactive ketones (excluding diaryl/α,β-unsaturated/α-hetero) is 1. The molecule has 1 aromatic carbocycles. The van der Waals surface area contributed by atoms with Crippen LogP contribution >= 0.6 is 0 Å². The fourth-order valence-electron chi connectivity index (χ4n) is 1.65. The van der Waals surface area contributed by atoms with E-state index in [1.165, 1.54) is 6.07 Å². The molecule has 0 atom stereocenters. The Labute approximate surface area is 108 Å². The van der Waals surface area contributed by atoms with Crippen molar-refractivity contribution < 1.29 is 13.9 Å². The molecule has 0 aliphatic heterocycles. The molecule has 100 valence electrons. The molecule has 0 heterocycles. The third-order valence-electron chi connectivity index (χ3n) is 2.59. The van der Waals surface area contributed by atoms with Crippen LogP contribution in [0.4, 0.5) is 4.39 Å². The second kappa shape index (κ2) is 7.11. The zero-order chi connectivity index (χ0) is 13.5. The third kappa shape index (κ3) is 4.84. The molecule has 0 saturated carbocycles. The number of hydrogen-bond acceptors (Lipinski definition) is 3. The minimum Gasteiger partial charge on any atom is -0.491 e. The molecule has 3 nitrogen and oxygen atoms in total. The Morgan fingerprint density at radius 1 is 1.44 bits per heavy atom. The van der Waals surface area contributed by atoms with Gasteiger partial charge in [0.1, 0.15) is 5.78 Å². The van der Waals surface area contributed by atoms with Crippen molar-refractivity contribution in [3.63, 3.8) is 0 Å². The summed E-state index contributed by atoms with van der Waals surface area (Å²) in [4.78, 5) is 12.9. The molecule has 0 aliphatic rings. The standard InChI is InChI=1S/C14H20FNO2/c1-4-18-14-6-5-12(9-13(14)15)10-16(3)8-7-11(2)17/h5-6,9H,4,7-8,10H2,1-3H3. The number of hydrogen-bond donors (Lipinski definition) is 0. The van der Waals surface area contributed by atoms with Crippen molar-refractivity contribution in [1.29, 1.82) is 0 Å². The van der Waals surface area contributed by atoms with Crippen molar-refractivity contribution in [3.8, 4) is 5.75 Å². The van der Waals surface area contributed by atoms with Gasteiger partial charge in [-0.1, -0.05) is 6.07 Å². The molecule has 0 aliphatic carbocycles. The number of carbonyl (C=O) groups is 1. The molecule has 0 saturated heterocycles. The van der Waals surface area contributed by atoms with Crippen LogP contribution in [0.3, 0.4) is 0 Å². The van der Waals surface area contributed by atoms with Gasteiger partial charge in [-0.05, 0) is 38.6 Å². The highest BCUT2D eigenvalue weighted by Crippen LogP contribution is 2.19. The summed E-state index contributed by atoms with van der Waals surface area (Å²) in [7, 11) is 1.91. The van der Waals surface area contributed by atoms with Gasteiger partial charge in [0.05, 0.1) is 6.61 Å². The predicted molar refractivity (Wildman–Crippen MR) is 69.2 cm³/mol. The number of rotatable bonds is 7. The van der Waals surface area contributed by atoms with E-state index >= 15 is 0 Å². The third-order valence-corrected chi connectivity index (χ3v) is 2.59. The molecular formula is C14H20FNO2. The predicted octanol–water partition coefficient (Wildman–Crippen LogP) is 2.64. The quantitative estimate of drug-likeness (QED) is 0.748. The zero-order valence-corrected chi connectivity index (χ0v) is 11.2. The molecule has 18 heavy (non-hydrogen) atoms. The van der Waals surface area contributed by atoms with Crippen molar-refractivity contribution in [3.05, 3.63) is 29.6 Å². The number of nitrogens with zero attached hydrogens (tertiary/aromatic N) is 1. The first kappa shape index (κ1) is 14.6. The normalized spacial score (nSPS) is 10.7. The molecule has 0 aromatic heterocycles. The summed E-state index contributed by atoms with van der Waals surface area (Å²) in [5.74, 6) is 0.113. The molecule has 0 unspecified atom stereocenters. The lowest BCUT2D eigenvalue weighted by molar-refractivity contribution is -0.117. The van der Waals surface area contributed by atoms with Crippen LogP contribution < -0.4 is 4.74 Å². The van der Waals surface area contributed by atoms with Crippen molar-refractivity contribution in [2.75, 3.05) is 20.2 Å². The van der Waals surface area contributed by atoms with Crippen molar-refractivity contribution >= 4 is 5.78 Å². The van der Waals surface area contributed by atoms with Gasteiger partial charge in [-0.25, -0.2) is 4.39 Å². The highest BCUT2D eigenvalue weighted by atomic mass is 19.1. The summed E-state index contributed by atoms with van der Waals surface area (Å²) < 4.78 is 18.7. The number of halogens is 1.